The van der Waals surface area contributed by atoms with Crippen LogP contribution in [0.15, 0.2) is 30.3 Å². The average molecular weight is 313 g/mol. The predicted octanol–water partition coefficient (Wildman–Crippen LogP) is 2.48. The molecule has 2 fully saturated rings. The number of thioether (sulfide) groups is 1. The van der Waals surface area contributed by atoms with Crippen molar-refractivity contribution in [3.8, 4) is 0 Å². The summed E-state index contributed by atoms with van der Waals surface area (Å²) in [5, 5.41) is 3.28. The second-order valence-electron chi connectivity index (χ2n) is 5.35. The number of benzene rings is 1. The Morgan fingerprint density at radius 3 is 2.75 bits per heavy atom. The number of likely N-dealkylation sites (tertiary alicyclic amines) is 1. The second-order valence-corrected chi connectivity index (χ2v) is 6.38. The average Bonchev–Trinajstić information content (AvgIpc) is 3.08. The molecule has 1 amide bonds. The van der Waals surface area contributed by atoms with Gasteiger partial charge in [-0.1, -0.05) is 30.3 Å². The van der Waals surface area contributed by atoms with E-state index in [0.29, 0.717) is 12.0 Å². The Morgan fingerprint density at radius 1 is 1.35 bits per heavy atom. The van der Waals surface area contributed by atoms with Gasteiger partial charge in [-0.15, -0.1) is 24.2 Å². The lowest BCUT2D eigenvalue weighted by molar-refractivity contribution is -0.133. The van der Waals surface area contributed by atoms with E-state index < -0.39 is 0 Å². The topological polar surface area (TPSA) is 32.3 Å². The number of carbonyl (C=O) groups excluding carboxylic acids is 1. The minimum atomic E-state index is 0. The summed E-state index contributed by atoms with van der Waals surface area (Å²) in [6.45, 7) is 3.08. The van der Waals surface area contributed by atoms with Crippen LogP contribution in [-0.4, -0.2) is 41.1 Å². The number of rotatable bonds is 2. The maximum atomic E-state index is 12.5. The van der Waals surface area contributed by atoms with Gasteiger partial charge in [-0.2, -0.15) is 0 Å². The first-order valence-corrected chi connectivity index (χ1v) is 8.09. The largest absolute Gasteiger partial charge is 0.338 e. The molecule has 0 radical (unpaired) electrons. The van der Waals surface area contributed by atoms with Gasteiger partial charge in [0.05, 0.1) is 6.04 Å². The van der Waals surface area contributed by atoms with Gasteiger partial charge in [0, 0.05) is 30.1 Å². The van der Waals surface area contributed by atoms with E-state index in [1.165, 1.54) is 5.56 Å². The first kappa shape index (κ1) is 15.7. The van der Waals surface area contributed by atoms with E-state index in [-0.39, 0.29) is 24.4 Å². The van der Waals surface area contributed by atoms with Crippen molar-refractivity contribution in [3.05, 3.63) is 35.9 Å². The first-order valence-electron chi connectivity index (χ1n) is 6.94. The normalized spacial score (nSPS) is 29.2. The third kappa shape index (κ3) is 2.97. The van der Waals surface area contributed by atoms with Crippen LogP contribution in [0.3, 0.4) is 0 Å². The summed E-state index contributed by atoms with van der Waals surface area (Å²) in [5.74, 6) is 2.59. The molecule has 0 bridgehead atoms. The number of nitrogens with one attached hydrogen (secondary N) is 1. The summed E-state index contributed by atoms with van der Waals surface area (Å²) in [4.78, 5) is 14.6. The fourth-order valence-electron chi connectivity index (χ4n) is 3.15. The van der Waals surface area contributed by atoms with Crippen molar-refractivity contribution in [2.75, 3.05) is 18.2 Å². The Kier molecular flexibility index (Phi) is 5.35. The van der Waals surface area contributed by atoms with Gasteiger partial charge in [0.2, 0.25) is 5.91 Å². The van der Waals surface area contributed by atoms with Crippen LogP contribution < -0.4 is 5.32 Å². The van der Waals surface area contributed by atoms with Crippen molar-refractivity contribution in [3.63, 3.8) is 0 Å². The van der Waals surface area contributed by atoms with Gasteiger partial charge in [-0.3, -0.25) is 10.1 Å². The van der Waals surface area contributed by atoms with Crippen molar-refractivity contribution in [1.82, 2.24) is 10.2 Å². The number of nitrogens with zero attached hydrogens (tertiary/aromatic N) is 1. The lowest BCUT2D eigenvalue weighted by Gasteiger charge is -2.27. The van der Waals surface area contributed by atoms with Gasteiger partial charge in [0.15, 0.2) is 0 Å². The van der Waals surface area contributed by atoms with Gasteiger partial charge in [0.1, 0.15) is 0 Å². The van der Waals surface area contributed by atoms with Crippen molar-refractivity contribution >= 4 is 30.1 Å². The molecule has 3 unspecified atom stereocenters. The fraction of sp³-hybridized carbons (Fsp3) is 0.533. The Balaban J connectivity index is 0.00000147. The number of carbonyl (C=O) groups is 1. The number of hydrogen-bond acceptors (Lipinski definition) is 3. The quantitative estimate of drug-likeness (QED) is 0.910. The molecule has 20 heavy (non-hydrogen) atoms. The molecule has 3 atom stereocenters. The first-order chi connectivity index (χ1) is 9.27. The zero-order chi connectivity index (χ0) is 13.2. The smallest absolute Gasteiger partial charge is 0.240 e. The van der Waals surface area contributed by atoms with Crippen LogP contribution in [0, 0.1) is 0 Å². The van der Waals surface area contributed by atoms with E-state index in [4.69, 9.17) is 0 Å². The van der Waals surface area contributed by atoms with E-state index in [1.54, 1.807) is 0 Å². The SMILES string of the molecule is CC1C(c2ccccc2)CCN1C(=O)C1CSCN1.Cl. The van der Waals surface area contributed by atoms with Gasteiger partial charge in [-0.05, 0) is 18.9 Å². The molecule has 2 aliphatic heterocycles. The summed E-state index contributed by atoms with van der Waals surface area (Å²) in [6.07, 6.45) is 1.08. The summed E-state index contributed by atoms with van der Waals surface area (Å²) in [7, 11) is 0. The molecule has 0 saturated carbocycles. The Bertz CT molecular complexity index is 450. The molecule has 2 heterocycles. The summed E-state index contributed by atoms with van der Waals surface area (Å²) >= 11 is 1.81. The van der Waals surface area contributed by atoms with Crippen LogP contribution in [0.25, 0.3) is 0 Å². The highest BCUT2D eigenvalue weighted by Gasteiger charge is 2.37. The molecule has 1 aromatic carbocycles. The van der Waals surface area contributed by atoms with Gasteiger partial charge < -0.3 is 4.90 Å². The van der Waals surface area contributed by atoms with Gasteiger partial charge in [-0.25, -0.2) is 0 Å². The van der Waals surface area contributed by atoms with Crippen molar-refractivity contribution < 1.29 is 4.79 Å². The van der Waals surface area contributed by atoms with Crippen molar-refractivity contribution in [1.29, 1.82) is 0 Å². The molecule has 1 N–H and O–H groups in total. The fourth-order valence-corrected chi connectivity index (χ4v) is 4.08. The molecule has 0 spiro atoms. The summed E-state index contributed by atoms with van der Waals surface area (Å²) in [6, 6.07) is 10.9. The molecule has 3 rings (SSSR count). The zero-order valence-electron chi connectivity index (χ0n) is 11.6. The zero-order valence-corrected chi connectivity index (χ0v) is 13.3. The van der Waals surface area contributed by atoms with Crippen LogP contribution in [0.4, 0.5) is 0 Å². The Labute approximate surface area is 130 Å². The van der Waals surface area contributed by atoms with Crippen molar-refractivity contribution in [2.45, 2.75) is 31.3 Å². The van der Waals surface area contributed by atoms with Crippen LogP contribution >= 0.6 is 24.2 Å². The maximum Gasteiger partial charge on any atom is 0.240 e. The van der Waals surface area contributed by atoms with E-state index >= 15 is 0 Å². The van der Waals surface area contributed by atoms with Gasteiger partial charge >= 0.3 is 0 Å². The molecular weight excluding hydrogens is 292 g/mol. The molecule has 1 aromatic rings. The van der Waals surface area contributed by atoms with Crippen LogP contribution in [0.2, 0.25) is 0 Å². The van der Waals surface area contributed by atoms with E-state index in [1.807, 2.05) is 17.8 Å². The number of amides is 1. The standard InChI is InChI=1S/C15H20N2OS.ClH/c1-11-13(12-5-3-2-4-6-12)7-8-17(11)15(18)14-9-19-10-16-14;/h2-6,11,13-14,16H,7-10H2,1H3;1H. The second kappa shape index (κ2) is 6.83. The van der Waals surface area contributed by atoms with Crippen LogP contribution in [0.1, 0.15) is 24.8 Å². The molecule has 0 aliphatic carbocycles. The van der Waals surface area contributed by atoms with Crippen LogP contribution in [-0.2, 0) is 4.79 Å². The van der Waals surface area contributed by atoms with Crippen molar-refractivity contribution in [2.24, 2.45) is 0 Å². The predicted molar refractivity (Wildman–Crippen MR) is 86.5 cm³/mol. The lowest BCUT2D eigenvalue weighted by atomic mass is 9.93. The number of hydrogen-bond donors (Lipinski definition) is 1. The highest BCUT2D eigenvalue weighted by molar-refractivity contribution is 7.99. The summed E-state index contributed by atoms with van der Waals surface area (Å²) in [5.41, 5.74) is 1.36. The van der Waals surface area contributed by atoms with Crippen LogP contribution in [0.5, 0.6) is 0 Å². The third-order valence-electron chi connectivity index (χ3n) is 4.28. The third-order valence-corrected chi connectivity index (χ3v) is 5.22. The minimum absolute atomic E-state index is 0. The van der Waals surface area contributed by atoms with E-state index in [0.717, 1.165) is 24.6 Å². The Morgan fingerprint density at radius 2 is 2.10 bits per heavy atom. The minimum Gasteiger partial charge on any atom is -0.338 e. The van der Waals surface area contributed by atoms with Gasteiger partial charge in [0.25, 0.3) is 0 Å². The highest BCUT2D eigenvalue weighted by Crippen LogP contribution is 2.33. The molecular formula is C15H21ClN2OS. The molecule has 2 aliphatic rings. The molecule has 3 nitrogen and oxygen atoms in total. The number of halogens is 1. The molecule has 5 heteroatoms. The highest BCUT2D eigenvalue weighted by atomic mass is 35.5. The molecule has 0 aromatic heterocycles. The summed E-state index contributed by atoms with van der Waals surface area (Å²) < 4.78 is 0. The van der Waals surface area contributed by atoms with E-state index in [2.05, 4.69) is 41.4 Å². The monoisotopic (exact) mass is 312 g/mol. The lowest BCUT2D eigenvalue weighted by Crippen LogP contribution is -2.46. The maximum absolute atomic E-state index is 12.5. The molecule has 110 valence electrons. The van der Waals surface area contributed by atoms with E-state index in [9.17, 15) is 4.79 Å². The Hall–Kier alpha value is -0.710. The molecule has 2 saturated heterocycles.